The van der Waals surface area contributed by atoms with Gasteiger partial charge in [0.2, 0.25) is 0 Å². The minimum absolute atomic E-state index is 0.0482. The van der Waals surface area contributed by atoms with E-state index < -0.39 is 17.6 Å². The Labute approximate surface area is 202 Å². The van der Waals surface area contributed by atoms with Crippen LogP contribution in [-0.2, 0) is 16.0 Å². The van der Waals surface area contributed by atoms with Gasteiger partial charge in [-0.15, -0.1) is 0 Å². The van der Waals surface area contributed by atoms with E-state index in [1.807, 2.05) is 24.3 Å². The van der Waals surface area contributed by atoms with Gasteiger partial charge in [0.1, 0.15) is 12.1 Å². The summed E-state index contributed by atoms with van der Waals surface area (Å²) < 4.78 is 5.65. The van der Waals surface area contributed by atoms with Crippen molar-refractivity contribution in [3.63, 3.8) is 0 Å². The summed E-state index contributed by atoms with van der Waals surface area (Å²) in [6, 6.07) is 21.1. The molecule has 0 atom stereocenters. The van der Waals surface area contributed by atoms with Gasteiger partial charge in [0, 0.05) is 18.2 Å². The minimum atomic E-state index is -0.992. The summed E-state index contributed by atoms with van der Waals surface area (Å²) in [7, 11) is 0. The second kappa shape index (κ2) is 7.98. The standard InChI is InChI=1S/C28H24N2O5/c31-25(32)18-9-10-24-17(15-18)11-14-30(24)26(33)28(12-13-28)29-27(34)35-16-23-21-7-3-1-5-19(21)20-6-2-4-8-22(20)23/h1-10,15,23H,11-14,16H2,(H,29,34)(H,31,32). The van der Waals surface area contributed by atoms with Gasteiger partial charge in [-0.2, -0.15) is 0 Å². The highest BCUT2D eigenvalue weighted by atomic mass is 16.5. The summed E-state index contributed by atoms with van der Waals surface area (Å²) in [6.07, 6.45) is 1.09. The van der Waals surface area contributed by atoms with Crippen molar-refractivity contribution in [3.05, 3.63) is 89.0 Å². The molecule has 1 fully saturated rings. The number of hydrogen-bond acceptors (Lipinski definition) is 4. The number of hydrogen-bond donors (Lipinski definition) is 2. The van der Waals surface area contributed by atoms with Crippen molar-refractivity contribution < 1.29 is 24.2 Å². The molecule has 0 unspecified atom stereocenters. The van der Waals surface area contributed by atoms with Crippen LogP contribution in [0.3, 0.4) is 0 Å². The van der Waals surface area contributed by atoms with Crippen LogP contribution in [0.25, 0.3) is 11.1 Å². The monoisotopic (exact) mass is 468 g/mol. The lowest BCUT2D eigenvalue weighted by atomic mass is 9.98. The summed E-state index contributed by atoms with van der Waals surface area (Å²) in [5.41, 5.74) is 5.36. The summed E-state index contributed by atoms with van der Waals surface area (Å²) in [5.74, 6) is -1.21. The number of aromatic carboxylic acids is 1. The fourth-order valence-electron chi connectivity index (χ4n) is 5.35. The van der Waals surface area contributed by atoms with Crippen LogP contribution in [0, 0.1) is 0 Å². The number of nitrogens with one attached hydrogen (secondary N) is 1. The van der Waals surface area contributed by atoms with E-state index in [9.17, 15) is 19.5 Å². The van der Waals surface area contributed by atoms with Gasteiger partial charge in [0.05, 0.1) is 5.56 Å². The van der Waals surface area contributed by atoms with Gasteiger partial charge in [0.15, 0.2) is 0 Å². The van der Waals surface area contributed by atoms with E-state index in [1.54, 1.807) is 17.0 Å². The third kappa shape index (κ3) is 3.55. The van der Waals surface area contributed by atoms with Crippen LogP contribution in [-0.4, -0.2) is 41.8 Å². The molecule has 7 nitrogen and oxygen atoms in total. The zero-order valence-corrected chi connectivity index (χ0v) is 19.0. The number of carboxylic acid groups (broad SMARTS) is 1. The average Bonchev–Trinajstić information content (AvgIpc) is 3.41. The zero-order chi connectivity index (χ0) is 24.2. The largest absolute Gasteiger partial charge is 0.478 e. The van der Waals surface area contributed by atoms with Gasteiger partial charge >= 0.3 is 12.1 Å². The summed E-state index contributed by atoms with van der Waals surface area (Å²) in [5, 5.41) is 12.1. The molecule has 3 aliphatic rings. The first-order chi connectivity index (χ1) is 17.0. The van der Waals surface area contributed by atoms with Crippen LogP contribution in [0.4, 0.5) is 10.5 Å². The molecule has 0 aromatic heterocycles. The first-order valence-corrected chi connectivity index (χ1v) is 11.8. The van der Waals surface area contributed by atoms with Crippen molar-refractivity contribution in [2.24, 2.45) is 0 Å². The van der Waals surface area contributed by atoms with E-state index in [2.05, 4.69) is 29.6 Å². The number of alkyl carbamates (subject to hydrolysis) is 1. The molecule has 1 saturated carbocycles. The third-order valence-electron chi connectivity index (χ3n) is 7.31. The Bertz CT molecular complexity index is 1330. The van der Waals surface area contributed by atoms with Crippen LogP contribution in [0.1, 0.15) is 45.8 Å². The Hall–Kier alpha value is -4.13. The predicted octanol–water partition coefficient (Wildman–Crippen LogP) is 4.35. The topological polar surface area (TPSA) is 95.9 Å². The molecule has 7 heteroatoms. The Morgan fingerprint density at radius 2 is 1.63 bits per heavy atom. The fourth-order valence-corrected chi connectivity index (χ4v) is 5.35. The van der Waals surface area contributed by atoms with E-state index >= 15 is 0 Å². The molecular formula is C28H24N2O5. The molecule has 1 heterocycles. The maximum atomic E-state index is 13.4. The molecule has 2 aliphatic carbocycles. The highest BCUT2D eigenvalue weighted by molar-refractivity contribution is 6.05. The average molecular weight is 469 g/mol. The number of carboxylic acids is 1. The summed E-state index contributed by atoms with van der Waals surface area (Å²) >= 11 is 0. The lowest BCUT2D eigenvalue weighted by Crippen LogP contribution is -2.50. The SMILES string of the molecule is O=C(NC1(C(=O)N2CCc3cc(C(=O)O)ccc32)CC1)OCC1c2ccccc2-c2ccccc21. The van der Waals surface area contributed by atoms with Crippen LogP contribution in [0.15, 0.2) is 66.7 Å². The van der Waals surface area contributed by atoms with Gasteiger partial charge in [-0.05, 0) is 65.3 Å². The predicted molar refractivity (Wildman–Crippen MR) is 130 cm³/mol. The van der Waals surface area contributed by atoms with Crippen molar-refractivity contribution in [3.8, 4) is 11.1 Å². The maximum Gasteiger partial charge on any atom is 0.408 e. The molecule has 0 radical (unpaired) electrons. The van der Waals surface area contributed by atoms with Crippen molar-refractivity contribution in [2.75, 3.05) is 18.1 Å². The summed E-state index contributed by atoms with van der Waals surface area (Å²) in [4.78, 5) is 39.1. The van der Waals surface area contributed by atoms with Gasteiger partial charge in [0.25, 0.3) is 5.91 Å². The Kier molecular flexibility index (Phi) is 4.88. The van der Waals surface area contributed by atoms with Crippen LogP contribution in [0.5, 0.6) is 0 Å². The third-order valence-corrected chi connectivity index (χ3v) is 7.31. The van der Waals surface area contributed by atoms with Gasteiger partial charge < -0.3 is 20.1 Å². The van der Waals surface area contributed by atoms with E-state index in [1.165, 1.54) is 6.07 Å². The fraction of sp³-hybridized carbons (Fsp3) is 0.250. The number of carbonyl (C=O) groups excluding carboxylic acids is 2. The lowest BCUT2D eigenvalue weighted by Gasteiger charge is -2.25. The van der Waals surface area contributed by atoms with E-state index in [-0.39, 0.29) is 24.0 Å². The second-order valence-electron chi connectivity index (χ2n) is 9.39. The molecule has 3 aromatic rings. The molecule has 3 aromatic carbocycles. The van der Waals surface area contributed by atoms with Crippen LogP contribution < -0.4 is 10.2 Å². The minimum Gasteiger partial charge on any atom is -0.478 e. The maximum absolute atomic E-state index is 13.4. The number of nitrogens with zero attached hydrogens (tertiary/aromatic N) is 1. The second-order valence-corrected chi connectivity index (χ2v) is 9.39. The molecular weight excluding hydrogens is 444 g/mol. The van der Waals surface area contributed by atoms with Crippen molar-refractivity contribution >= 4 is 23.7 Å². The first-order valence-electron chi connectivity index (χ1n) is 11.8. The molecule has 0 saturated heterocycles. The smallest absolute Gasteiger partial charge is 0.408 e. The normalized spacial score (nSPS) is 16.7. The number of benzene rings is 3. The first kappa shape index (κ1) is 21.4. The molecule has 0 bridgehead atoms. The Morgan fingerprint density at radius 3 is 2.26 bits per heavy atom. The van der Waals surface area contributed by atoms with Crippen molar-refractivity contribution in [1.29, 1.82) is 0 Å². The molecule has 176 valence electrons. The van der Waals surface area contributed by atoms with Crippen LogP contribution >= 0.6 is 0 Å². The van der Waals surface area contributed by atoms with Crippen molar-refractivity contribution in [1.82, 2.24) is 5.32 Å². The van der Waals surface area contributed by atoms with E-state index in [0.29, 0.717) is 31.5 Å². The number of amides is 2. The number of fused-ring (bicyclic) bond motifs is 4. The number of carbonyl (C=O) groups is 3. The molecule has 6 rings (SSSR count). The zero-order valence-electron chi connectivity index (χ0n) is 19.0. The van der Waals surface area contributed by atoms with E-state index in [4.69, 9.17) is 4.74 Å². The molecule has 0 spiro atoms. The Balaban J connectivity index is 1.14. The number of rotatable bonds is 5. The number of ether oxygens (including phenoxy) is 1. The molecule has 35 heavy (non-hydrogen) atoms. The van der Waals surface area contributed by atoms with E-state index in [0.717, 1.165) is 27.8 Å². The summed E-state index contributed by atoms with van der Waals surface area (Å²) in [6.45, 7) is 0.653. The van der Waals surface area contributed by atoms with Crippen molar-refractivity contribution in [2.45, 2.75) is 30.7 Å². The van der Waals surface area contributed by atoms with Crippen LogP contribution in [0.2, 0.25) is 0 Å². The number of anilines is 1. The highest BCUT2D eigenvalue weighted by Gasteiger charge is 2.54. The quantitative estimate of drug-likeness (QED) is 0.581. The molecule has 2 amide bonds. The van der Waals surface area contributed by atoms with Gasteiger partial charge in [-0.1, -0.05) is 48.5 Å². The molecule has 2 N–H and O–H groups in total. The Morgan fingerprint density at radius 1 is 0.971 bits per heavy atom. The van der Waals surface area contributed by atoms with Gasteiger partial charge in [-0.3, -0.25) is 4.79 Å². The molecule has 1 aliphatic heterocycles. The van der Waals surface area contributed by atoms with Gasteiger partial charge in [-0.25, -0.2) is 9.59 Å². The lowest BCUT2D eigenvalue weighted by molar-refractivity contribution is -0.121. The highest BCUT2D eigenvalue weighted by Crippen LogP contribution is 2.45.